The lowest BCUT2D eigenvalue weighted by Crippen LogP contribution is -2.37. The molecule has 0 aromatic carbocycles. The monoisotopic (exact) mass is 346 g/mol. The summed E-state index contributed by atoms with van der Waals surface area (Å²) in [6, 6.07) is 4.00. The Morgan fingerprint density at radius 1 is 1.32 bits per heavy atom. The summed E-state index contributed by atoms with van der Waals surface area (Å²) in [6.45, 7) is 8.24. The number of aliphatic hydroxyl groups is 1. The van der Waals surface area contributed by atoms with Crippen molar-refractivity contribution >= 4 is 0 Å². The highest BCUT2D eigenvalue weighted by molar-refractivity contribution is 5.03. The Balaban J connectivity index is 1.74. The minimum absolute atomic E-state index is 0.0825. The van der Waals surface area contributed by atoms with Gasteiger partial charge in [0, 0.05) is 6.04 Å². The third kappa shape index (κ3) is 4.50. The van der Waals surface area contributed by atoms with Gasteiger partial charge in [0.25, 0.3) is 0 Å². The van der Waals surface area contributed by atoms with E-state index < -0.39 is 6.10 Å². The van der Waals surface area contributed by atoms with Crippen molar-refractivity contribution in [2.24, 2.45) is 0 Å². The van der Waals surface area contributed by atoms with Gasteiger partial charge in [0.15, 0.2) is 0 Å². The fourth-order valence-corrected chi connectivity index (χ4v) is 3.68. The summed E-state index contributed by atoms with van der Waals surface area (Å²) < 4.78 is 7.39. The van der Waals surface area contributed by atoms with Gasteiger partial charge in [-0.15, -0.1) is 0 Å². The van der Waals surface area contributed by atoms with E-state index >= 15 is 0 Å². The molecule has 0 unspecified atom stereocenters. The lowest BCUT2D eigenvalue weighted by molar-refractivity contribution is 0.0803. The molecule has 6 nitrogen and oxygen atoms in total. The van der Waals surface area contributed by atoms with Gasteiger partial charge < -0.3 is 9.52 Å². The Hall–Kier alpha value is -1.66. The van der Waals surface area contributed by atoms with Gasteiger partial charge in [-0.3, -0.25) is 4.90 Å². The molecule has 1 N–H and O–H groups in total. The first-order valence-corrected chi connectivity index (χ1v) is 9.30. The summed E-state index contributed by atoms with van der Waals surface area (Å²) >= 11 is 0. The van der Waals surface area contributed by atoms with Crippen molar-refractivity contribution in [3.05, 3.63) is 36.3 Å². The van der Waals surface area contributed by atoms with Crippen molar-refractivity contribution in [3.63, 3.8) is 0 Å². The largest absolute Gasteiger partial charge is 0.467 e. The van der Waals surface area contributed by atoms with E-state index in [1.54, 1.807) is 12.6 Å². The standard InChI is InChI=1S/C19H30N4O2/c1-19(2,3)23-18(20-14-21-23)13-22-10-6-4-5-8-15(22)12-16(24)17-9-7-11-25-17/h7,9,11,14-16,24H,4-6,8,10,12-13H2,1-3H3/t15-,16+/m1/s1. The Kier molecular flexibility index (Phi) is 5.59. The molecule has 0 aliphatic carbocycles. The van der Waals surface area contributed by atoms with Gasteiger partial charge >= 0.3 is 0 Å². The van der Waals surface area contributed by atoms with Crippen LogP contribution in [-0.4, -0.2) is 37.4 Å². The predicted octanol–water partition coefficient (Wildman–Crippen LogP) is 3.49. The molecule has 1 saturated heterocycles. The summed E-state index contributed by atoms with van der Waals surface area (Å²) in [5.41, 5.74) is -0.0825. The fraction of sp³-hybridized carbons (Fsp3) is 0.684. The maximum atomic E-state index is 10.5. The van der Waals surface area contributed by atoms with E-state index in [2.05, 4.69) is 35.8 Å². The van der Waals surface area contributed by atoms with Crippen LogP contribution in [0.3, 0.4) is 0 Å². The highest BCUT2D eigenvalue weighted by Gasteiger charge is 2.28. The van der Waals surface area contributed by atoms with Gasteiger partial charge in [0.05, 0.1) is 18.3 Å². The van der Waals surface area contributed by atoms with E-state index in [0.29, 0.717) is 18.2 Å². The minimum atomic E-state index is -0.555. The molecule has 25 heavy (non-hydrogen) atoms. The number of nitrogens with zero attached hydrogens (tertiary/aromatic N) is 4. The first-order chi connectivity index (χ1) is 11.9. The maximum absolute atomic E-state index is 10.5. The van der Waals surface area contributed by atoms with Gasteiger partial charge in [-0.05, 0) is 58.7 Å². The molecule has 3 rings (SSSR count). The summed E-state index contributed by atoms with van der Waals surface area (Å²) in [7, 11) is 0. The van der Waals surface area contributed by atoms with Crippen molar-refractivity contribution in [3.8, 4) is 0 Å². The zero-order valence-electron chi connectivity index (χ0n) is 15.6. The maximum Gasteiger partial charge on any atom is 0.141 e. The lowest BCUT2D eigenvalue weighted by Gasteiger charge is -2.32. The SMILES string of the molecule is CC(C)(C)n1ncnc1CN1CCCCC[C@@H]1C[C@H](O)c1ccco1. The van der Waals surface area contributed by atoms with Crippen molar-refractivity contribution in [1.29, 1.82) is 0 Å². The molecule has 2 aromatic heterocycles. The smallest absolute Gasteiger partial charge is 0.141 e. The summed E-state index contributed by atoms with van der Waals surface area (Å²) in [5.74, 6) is 1.65. The second-order valence-electron chi connectivity index (χ2n) is 8.00. The third-order valence-electron chi connectivity index (χ3n) is 4.96. The second kappa shape index (κ2) is 7.70. The summed E-state index contributed by atoms with van der Waals surface area (Å²) in [6.07, 6.45) is 8.14. The molecule has 0 amide bonds. The van der Waals surface area contributed by atoms with Gasteiger partial charge in [0.2, 0.25) is 0 Å². The number of hydrogen-bond acceptors (Lipinski definition) is 5. The Bertz CT molecular complexity index is 645. The van der Waals surface area contributed by atoms with Crippen LogP contribution in [0.5, 0.6) is 0 Å². The van der Waals surface area contributed by atoms with Crippen LogP contribution in [0.15, 0.2) is 29.1 Å². The van der Waals surface area contributed by atoms with Gasteiger partial charge in [0.1, 0.15) is 24.0 Å². The molecule has 6 heteroatoms. The van der Waals surface area contributed by atoms with Crippen LogP contribution in [-0.2, 0) is 12.1 Å². The number of aromatic nitrogens is 3. The molecule has 2 atom stereocenters. The number of aliphatic hydroxyl groups excluding tert-OH is 1. The van der Waals surface area contributed by atoms with Gasteiger partial charge in [-0.2, -0.15) is 5.10 Å². The number of likely N-dealkylation sites (tertiary alicyclic amines) is 1. The quantitative estimate of drug-likeness (QED) is 0.897. The van der Waals surface area contributed by atoms with E-state index in [-0.39, 0.29) is 5.54 Å². The molecule has 0 bridgehead atoms. The molecule has 1 aliphatic heterocycles. The van der Waals surface area contributed by atoms with E-state index in [1.165, 1.54) is 19.3 Å². The topological polar surface area (TPSA) is 67.3 Å². The van der Waals surface area contributed by atoms with E-state index in [9.17, 15) is 5.11 Å². The molecular weight excluding hydrogens is 316 g/mol. The summed E-state index contributed by atoms with van der Waals surface area (Å²) in [4.78, 5) is 6.96. The van der Waals surface area contributed by atoms with E-state index in [0.717, 1.165) is 25.3 Å². The highest BCUT2D eigenvalue weighted by Crippen LogP contribution is 2.28. The molecule has 2 aromatic rings. The van der Waals surface area contributed by atoms with Crippen molar-refractivity contribution < 1.29 is 9.52 Å². The first-order valence-electron chi connectivity index (χ1n) is 9.30. The normalized spacial score (nSPS) is 21.2. The second-order valence-corrected chi connectivity index (χ2v) is 8.00. The Morgan fingerprint density at radius 2 is 2.16 bits per heavy atom. The average Bonchev–Trinajstić information content (AvgIpc) is 3.19. The van der Waals surface area contributed by atoms with Gasteiger partial charge in [-0.1, -0.05) is 12.8 Å². The van der Waals surface area contributed by atoms with E-state index in [4.69, 9.17) is 4.42 Å². The molecule has 138 valence electrons. The van der Waals surface area contributed by atoms with Crippen molar-refractivity contribution in [2.45, 2.75) is 77.1 Å². The molecule has 0 spiro atoms. The number of furan rings is 1. The minimum Gasteiger partial charge on any atom is -0.467 e. The molecule has 3 heterocycles. The fourth-order valence-electron chi connectivity index (χ4n) is 3.68. The first kappa shape index (κ1) is 18.1. The van der Waals surface area contributed by atoms with Crippen LogP contribution in [0.2, 0.25) is 0 Å². The Labute approximate surface area is 149 Å². The third-order valence-corrected chi connectivity index (χ3v) is 4.96. The number of hydrogen-bond donors (Lipinski definition) is 1. The average molecular weight is 346 g/mol. The highest BCUT2D eigenvalue weighted by atomic mass is 16.4. The predicted molar refractivity (Wildman–Crippen MR) is 96.0 cm³/mol. The Morgan fingerprint density at radius 3 is 2.88 bits per heavy atom. The van der Waals surface area contributed by atoms with Crippen LogP contribution in [0.1, 0.15) is 70.6 Å². The lowest BCUT2D eigenvalue weighted by atomic mass is 10.0. The zero-order chi connectivity index (χ0) is 17.9. The van der Waals surface area contributed by atoms with Crippen molar-refractivity contribution in [2.75, 3.05) is 6.54 Å². The van der Waals surface area contributed by atoms with E-state index in [1.807, 2.05) is 16.8 Å². The van der Waals surface area contributed by atoms with Gasteiger partial charge in [-0.25, -0.2) is 9.67 Å². The number of rotatable bonds is 5. The van der Waals surface area contributed by atoms with Crippen LogP contribution < -0.4 is 0 Å². The molecular formula is C19H30N4O2. The zero-order valence-corrected chi connectivity index (χ0v) is 15.6. The van der Waals surface area contributed by atoms with Crippen LogP contribution >= 0.6 is 0 Å². The molecule has 0 radical (unpaired) electrons. The van der Waals surface area contributed by atoms with Crippen LogP contribution in [0, 0.1) is 0 Å². The molecule has 0 saturated carbocycles. The van der Waals surface area contributed by atoms with Crippen LogP contribution in [0.25, 0.3) is 0 Å². The van der Waals surface area contributed by atoms with Crippen molar-refractivity contribution in [1.82, 2.24) is 19.7 Å². The molecule has 1 aliphatic rings. The molecule has 1 fully saturated rings. The van der Waals surface area contributed by atoms with Crippen LogP contribution in [0.4, 0.5) is 0 Å². The summed E-state index contributed by atoms with van der Waals surface area (Å²) in [5, 5.41) is 14.9.